The van der Waals surface area contributed by atoms with Crippen molar-refractivity contribution in [2.45, 2.75) is 20.0 Å². The van der Waals surface area contributed by atoms with Crippen LogP contribution in [0.3, 0.4) is 0 Å². The third kappa shape index (κ3) is 3.30. The molecule has 130 valence electrons. The number of tetrazole rings is 1. The van der Waals surface area contributed by atoms with E-state index in [0.717, 1.165) is 22.6 Å². The molecule has 1 N–H and O–H groups in total. The van der Waals surface area contributed by atoms with Crippen molar-refractivity contribution in [2.75, 3.05) is 5.32 Å². The highest BCUT2D eigenvalue weighted by Crippen LogP contribution is 2.21. The molecule has 0 aliphatic carbocycles. The molecule has 26 heavy (non-hydrogen) atoms. The number of aryl methyl sites for hydroxylation is 1. The molecule has 0 bridgehead atoms. The standard InChI is InChI=1S/C18H17N7O/c1-2-25-17(21-23-24-25)14-9-6-10-15(11-14)19-12-16-20-18(26-22-16)13-7-4-3-5-8-13/h3-11,19H,2,12H2,1H3. The third-order valence-corrected chi connectivity index (χ3v) is 3.89. The normalized spacial score (nSPS) is 10.8. The van der Waals surface area contributed by atoms with Crippen molar-refractivity contribution in [1.82, 2.24) is 30.3 Å². The minimum absolute atomic E-state index is 0.457. The molecule has 0 radical (unpaired) electrons. The Balaban J connectivity index is 1.47. The van der Waals surface area contributed by atoms with Crippen LogP contribution in [0.2, 0.25) is 0 Å². The topological polar surface area (TPSA) is 94.6 Å². The van der Waals surface area contributed by atoms with Gasteiger partial charge in [0.25, 0.3) is 5.89 Å². The average molecular weight is 347 g/mol. The van der Waals surface area contributed by atoms with E-state index in [0.29, 0.717) is 24.8 Å². The maximum absolute atomic E-state index is 5.32. The maximum atomic E-state index is 5.32. The Morgan fingerprint density at radius 3 is 2.73 bits per heavy atom. The third-order valence-electron chi connectivity index (χ3n) is 3.89. The first-order valence-corrected chi connectivity index (χ1v) is 8.32. The molecule has 0 aliphatic rings. The first kappa shape index (κ1) is 15.9. The van der Waals surface area contributed by atoms with Gasteiger partial charge in [-0.05, 0) is 41.6 Å². The van der Waals surface area contributed by atoms with Crippen LogP contribution in [0, 0.1) is 0 Å². The van der Waals surface area contributed by atoms with Crippen LogP contribution in [0.25, 0.3) is 22.8 Å². The molecule has 0 unspecified atom stereocenters. The highest BCUT2D eigenvalue weighted by Gasteiger charge is 2.10. The van der Waals surface area contributed by atoms with Crippen LogP contribution in [0.15, 0.2) is 59.1 Å². The van der Waals surface area contributed by atoms with E-state index >= 15 is 0 Å². The first-order chi connectivity index (χ1) is 12.8. The zero-order chi connectivity index (χ0) is 17.8. The lowest BCUT2D eigenvalue weighted by Crippen LogP contribution is -2.02. The summed E-state index contributed by atoms with van der Waals surface area (Å²) in [6.45, 7) is 3.17. The average Bonchev–Trinajstić information content (AvgIpc) is 3.36. The van der Waals surface area contributed by atoms with Gasteiger partial charge in [0.1, 0.15) is 0 Å². The van der Waals surface area contributed by atoms with E-state index in [1.807, 2.05) is 61.5 Å². The SMILES string of the molecule is CCn1nnnc1-c1cccc(NCc2noc(-c3ccccc3)n2)c1. The maximum Gasteiger partial charge on any atom is 0.257 e. The van der Waals surface area contributed by atoms with Crippen LogP contribution >= 0.6 is 0 Å². The Morgan fingerprint density at radius 2 is 1.88 bits per heavy atom. The molecule has 0 saturated heterocycles. The van der Waals surface area contributed by atoms with E-state index < -0.39 is 0 Å². The van der Waals surface area contributed by atoms with Crippen molar-refractivity contribution < 1.29 is 4.52 Å². The number of nitrogens with one attached hydrogen (secondary N) is 1. The predicted molar refractivity (Wildman–Crippen MR) is 96.0 cm³/mol. The Hall–Kier alpha value is -3.55. The van der Waals surface area contributed by atoms with Crippen LogP contribution in [0.4, 0.5) is 5.69 Å². The smallest absolute Gasteiger partial charge is 0.257 e. The summed E-state index contributed by atoms with van der Waals surface area (Å²) < 4.78 is 7.08. The van der Waals surface area contributed by atoms with E-state index in [9.17, 15) is 0 Å². The van der Waals surface area contributed by atoms with Gasteiger partial charge in [-0.1, -0.05) is 35.5 Å². The van der Waals surface area contributed by atoms with Crippen LogP contribution in [0.1, 0.15) is 12.7 Å². The summed E-state index contributed by atoms with van der Waals surface area (Å²) in [5, 5.41) is 19.1. The molecule has 0 fully saturated rings. The van der Waals surface area contributed by atoms with Crippen molar-refractivity contribution >= 4 is 5.69 Å². The number of hydrogen-bond donors (Lipinski definition) is 1. The van der Waals surface area contributed by atoms with Crippen molar-refractivity contribution in [1.29, 1.82) is 0 Å². The van der Waals surface area contributed by atoms with E-state index in [-0.39, 0.29) is 0 Å². The Morgan fingerprint density at radius 1 is 1.04 bits per heavy atom. The van der Waals surface area contributed by atoms with E-state index in [2.05, 4.69) is 31.0 Å². The number of rotatable bonds is 6. The van der Waals surface area contributed by atoms with Crippen LogP contribution in [0.5, 0.6) is 0 Å². The van der Waals surface area contributed by atoms with E-state index in [1.54, 1.807) is 4.68 Å². The molecule has 4 rings (SSSR count). The summed E-state index contributed by atoms with van der Waals surface area (Å²) in [5.41, 5.74) is 2.78. The van der Waals surface area contributed by atoms with Gasteiger partial charge in [0.2, 0.25) is 0 Å². The van der Waals surface area contributed by atoms with Crippen molar-refractivity contribution in [3.05, 3.63) is 60.4 Å². The number of aromatic nitrogens is 6. The second-order valence-corrected chi connectivity index (χ2v) is 5.63. The van der Waals surface area contributed by atoms with Crippen LogP contribution in [-0.4, -0.2) is 30.3 Å². The Labute approximate surface area is 149 Å². The fourth-order valence-electron chi connectivity index (χ4n) is 2.60. The second kappa shape index (κ2) is 7.14. The Bertz CT molecular complexity index is 993. The molecule has 2 heterocycles. The van der Waals surface area contributed by atoms with Gasteiger partial charge >= 0.3 is 0 Å². The Kier molecular flexibility index (Phi) is 4.38. The number of nitrogens with zero attached hydrogens (tertiary/aromatic N) is 6. The molecule has 2 aromatic heterocycles. The molecular weight excluding hydrogens is 330 g/mol. The lowest BCUT2D eigenvalue weighted by Gasteiger charge is -2.06. The highest BCUT2D eigenvalue weighted by molar-refractivity contribution is 5.62. The molecule has 0 aliphatic heterocycles. The number of benzene rings is 2. The first-order valence-electron chi connectivity index (χ1n) is 8.32. The molecule has 2 aromatic carbocycles. The summed E-state index contributed by atoms with van der Waals surface area (Å²) in [6, 6.07) is 17.6. The van der Waals surface area contributed by atoms with Crippen molar-refractivity contribution in [3.63, 3.8) is 0 Å². The summed E-state index contributed by atoms with van der Waals surface area (Å²) in [4.78, 5) is 4.42. The van der Waals surface area contributed by atoms with Gasteiger partial charge in [-0.15, -0.1) is 5.10 Å². The highest BCUT2D eigenvalue weighted by atomic mass is 16.5. The molecule has 0 spiro atoms. The van der Waals surface area contributed by atoms with E-state index in [1.165, 1.54) is 0 Å². The van der Waals surface area contributed by atoms with Crippen molar-refractivity contribution in [3.8, 4) is 22.8 Å². The summed E-state index contributed by atoms with van der Waals surface area (Å²) in [6.07, 6.45) is 0. The van der Waals surface area contributed by atoms with Gasteiger partial charge in [0.05, 0.1) is 6.54 Å². The minimum Gasteiger partial charge on any atom is -0.378 e. The summed E-state index contributed by atoms with van der Waals surface area (Å²) in [7, 11) is 0. The summed E-state index contributed by atoms with van der Waals surface area (Å²) in [5.74, 6) is 1.84. The van der Waals surface area contributed by atoms with Gasteiger partial charge in [-0.3, -0.25) is 0 Å². The zero-order valence-electron chi connectivity index (χ0n) is 14.2. The molecule has 8 nitrogen and oxygen atoms in total. The quantitative estimate of drug-likeness (QED) is 0.573. The number of anilines is 1. The minimum atomic E-state index is 0.457. The lowest BCUT2D eigenvalue weighted by molar-refractivity contribution is 0.423. The zero-order valence-corrected chi connectivity index (χ0v) is 14.2. The van der Waals surface area contributed by atoms with Crippen molar-refractivity contribution in [2.24, 2.45) is 0 Å². The molecule has 0 saturated carbocycles. The number of hydrogen-bond acceptors (Lipinski definition) is 7. The van der Waals surface area contributed by atoms with Gasteiger partial charge in [0, 0.05) is 23.4 Å². The van der Waals surface area contributed by atoms with Gasteiger partial charge in [-0.2, -0.15) is 4.98 Å². The molecule has 4 aromatic rings. The molecular formula is C18H17N7O. The van der Waals surface area contributed by atoms with Crippen LogP contribution in [-0.2, 0) is 13.1 Å². The second-order valence-electron chi connectivity index (χ2n) is 5.63. The van der Waals surface area contributed by atoms with Gasteiger partial charge in [0.15, 0.2) is 11.6 Å². The lowest BCUT2D eigenvalue weighted by atomic mass is 10.2. The summed E-state index contributed by atoms with van der Waals surface area (Å²) >= 11 is 0. The molecule has 8 heteroatoms. The predicted octanol–water partition coefficient (Wildman–Crippen LogP) is 3.02. The fourth-order valence-corrected chi connectivity index (χ4v) is 2.60. The largest absolute Gasteiger partial charge is 0.378 e. The molecule has 0 atom stereocenters. The van der Waals surface area contributed by atoms with Gasteiger partial charge in [-0.25, -0.2) is 4.68 Å². The molecule has 0 amide bonds. The fraction of sp³-hybridized carbons (Fsp3) is 0.167. The van der Waals surface area contributed by atoms with Gasteiger partial charge < -0.3 is 9.84 Å². The monoisotopic (exact) mass is 347 g/mol. The van der Waals surface area contributed by atoms with E-state index in [4.69, 9.17) is 4.52 Å². The van der Waals surface area contributed by atoms with Crippen LogP contribution < -0.4 is 5.32 Å².